The van der Waals surface area contributed by atoms with Crippen LogP contribution in [0, 0.1) is 0 Å². The van der Waals surface area contributed by atoms with E-state index in [0.717, 1.165) is 0 Å². The molecule has 0 spiro atoms. The maximum absolute atomic E-state index is 2.00. The molecule has 1 aromatic carbocycles. The van der Waals surface area contributed by atoms with Gasteiger partial charge in [0, 0.05) is 17.1 Å². The summed E-state index contributed by atoms with van der Waals surface area (Å²) in [6.07, 6.45) is 0. The Morgan fingerprint density at radius 3 is 0.714 bits per heavy atom. The van der Waals surface area contributed by atoms with Gasteiger partial charge in [-0.2, -0.15) is 0 Å². The first-order chi connectivity index (χ1) is 3.00. The van der Waals surface area contributed by atoms with E-state index >= 15 is 0 Å². The minimum Gasteiger partial charge on any atom is -0.0623 e. The molecule has 0 atom stereocenters. The monoisotopic (exact) mass is 134 g/mol. The largest absolute Gasteiger partial charge is 0.0623 e. The van der Waals surface area contributed by atoms with Gasteiger partial charge in [0.15, 0.2) is 0 Å². The van der Waals surface area contributed by atoms with Crippen molar-refractivity contribution in [1.82, 2.24) is 0 Å². The summed E-state index contributed by atoms with van der Waals surface area (Å²) in [6, 6.07) is 12.0. The second-order valence-electron chi connectivity index (χ2n) is 1.15. The van der Waals surface area contributed by atoms with Crippen LogP contribution in [0.5, 0.6) is 0 Å². The molecular formula is C6H6Fe. The summed E-state index contributed by atoms with van der Waals surface area (Å²) < 4.78 is 0. The van der Waals surface area contributed by atoms with Crippen molar-refractivity contribution in [1.29, 1.82) is 0 Å². The van der Waals surface area contributed by atoms with Crippen LogP contribution in [0.4, 0.5) is 0 Å². The van der Waals surface area contributed by atoms with E-state index in [2.05, 4.69) is 0 Å². The van der Waals surface area contributed by atoms with Gasteiger partial charge in [0.05, 0.1) is 0 Å². The van der Waals surface area contributed by atoms with Crippen LogP contribution in [0.1, 0.15) is 0 Å². The van der Waals surface area contributed by atoms with Gasteiger partial charge in [0.1, 0.15) is 0 Å². The van der Waals surface area contributed by atoms with Crippen molar-refractivity contribution in [3.63, 3.8) is 0 Å². The molecule has 7 heavy (non-hydrogen) atoms. The smallest absolute Gasteiger partial charge is 0 e. The topological polar surface area (TPSA) is 0 Å². The van der Waals surface area contributed by atoms with Crippen LogP contribution in [0.3, 0.4) is 0 Å². The molecule has 0 amide bonds. The van der Waals surface area contributed by atoms with Crippen LogP contribution in [0.2, 0.25) is 0 Å². The number of benzene rings is 1. The van der Waals surface area contributed by atoms with Crippen molar-refractivity contribution < 1.29 is 17.1 Å². The van der Waals surface area contributed by atoms with E-state index in [0.29, 0.717) is 0 Å². The van der Waals surface area contributed by atoms with Gasteiger partial charge >= 0.3 is 0 Å². The second-order valence-corrected chi connectivity index (χ2v) is 1.15. The summed E-state index contributed by atoms with van der Waals surface area (Å²) in [5.74, 6) is 0. The van der Waals surface area contributed by atoms with E-state index in [1.54, 1.807) is 0 Å². The third-order valence-corrected chi connectivity index (χ3v) is 0.667. The van der Waals surface area contributed by atoms with Crippen molar-refractivity contribution in [2.24, 2.45) is 0 Å². The molecule has 0 nitrogen and oxygen atoms in total. The summed E-state index contributed by atoms with van der Waals surface area (Å²) in [6.45, 7) is 0. The molecule has 0 saturated carbocycles. The summed E-state index contributed by atoms with van der Waals surface area (Å²) in [5.41, 5.74) is 0. The van der Waals surface area contributed by atoms with E-state index in [9.17, 15) is 0 Å². The molecule has 0 bridgehead atoms. The van der Waals surface area contributed by atoms with Crippen molar-refractivity contribution in [3.05, 3.63) is 36.4 Å². The summed E-state index contributed by atoms with van der Waals surface area (Å²) in [4.78, 5) is 0. The maximum atomic E-state index is 2.00. The molecule has 0 aliphatic carbocycles. The number of hydrogen-bond donors (Lipinski definition) is 0. The van der Waals surface area contributed by atoms with Gasteiger partial charge in [-0.1, -0.05) is 36.4 Å². The number of hydrogen-bond acceptors (Lipinski definition) is 0. The molecule has 0 aromatic heterocycles. The average Bonchev–Trinajstić information content (AvgIpc) is 1.72. The molecule has 0 N–H and O–H groups in total. The second kappa shape index (κ2) is 3.91. The summed E-state index contributed by atoms with van der Waals surface area (Å²) in [7, 11) is 0. The molecule has 0 unspecified atom stereocenters. The van der Waals surface area contributed by atoms with Crippen molar-refractivity contribution in [3.8, 4) is 0 Å². The van der Waals surface area contributed by atoms with Crippen LogP contribution in [0.25, 0.3) is 0 Å². The predicted octanol–water partition coefficient (Wildman–Crippen LogP) is 1.68. The molecule has 0 fully saturated rings. The van der Waals surface area contributed by atoms with Gasteiger partial charge in [-0.3, -0.25) is 0 Å². The third-order valence-electron chi connectivity index (χ3n) is 0.667. The minimum absolute atomic E-state index is 0. The molecular weight excluding hydrogens is 128 g/mol. The SMILES string of the molecule is [Fe].c1ccccc1. The zero-order valence-electron chi connectivity index (χ0n) is 3.82. The first kappa shape index (κ1) is 6.74. The van der Waals surface area contributed by atoms with Crippen LogP contribution < -0.4 is 0 Å². The Hall–Kier alpha value is -0.261. The predicted molar refractivity (Wildman–Crippen MR) is 26.4 cm³/mol. The number of rotatable bonds is 0. The Kier molecular flexibility index (Phi) is 3.77. The third kappa shape index (κ3) is 2.44. The molecule has 38 valence electrons. The van der Waals surface area contributed by atoms with E-state index in [1.165, 1.54) is 0 Å². The van der Waals surface area contributed by atoms with Crippen molar-refractivity contribution in [2.45, 2.75) is 0 Å². The molecule has 0 heterocycles. The van der Waals surface area contributed by atoms with Crippen LogP contribution in [-0.4, -0.2) is 0 Å². The van der Waals surface area contributed by atoms with Gasteiger partial charge in [-0.25, -0.2) is 0 Å². The minimum atomic E-state index is 0. The Bertz CT molecular complexity index is 76.1. The molecule has 0 aliphatic rings. The fourth-order valence-corrected chi connectivity index (χ4v) is 0.385. The molecule has 1 aromatic rings. The summed E-state index contributed by atoms with van der Waals surface area (Å²) in [5, 5.41) is 0. The van der Waals surface area contributed by atoms with Crippen LogP contribution >= 0.6 is 0 Å². The normalized spacial score (nSPS) is 6.86. The first-order valence-corrected chi connectivity index (χ1v) is 2.00. The average molecular weight is 134 g/mol. The van der Waals surface area contributed by atoms with E-state index in [4.69, 9.17) is 0 Å². The van der Waals surface area contributed by atoms with Gasteiger partial charge in [-0.05, 0) is 0 Å². The van der Waals surface area contributed by atoms with Gasteiger partial charge in [0.2, 0.25) is 0 Å². The zero-order chi connectivity index (χ0) is 4.24. The van der Waals surface area contributed by atoms with Crippen LogP contribution in [-0.2, 0) is 17.1 Å². The van der Waals surface area contributed by atoms with E-state index < -0.39 is 0 Å². The fourth-order valence-electron chi connectivity index (χ4n) is 0.385. The Labute approximate surface area is 54.0 Å². The molecule has 0 saturated heterocycles. The standard InChI is InChI=1S/C6H6.Fe/c1-2-4-6-5-3-1;/h1-6H;. The molecule has 1 rings (SSSR count). The molecule has 0 radical (unpaired) electrons. The molecule has 1 heteroatoms. The Balaban J connectivity index is 0.000000360. The van der Waals surface area contributed by atoms with Crippen LogP contribution in [0.15, 0.2) is 36.4 Å². The van der Waals surface area contributed by atoms with Gasteiger partial charge < -0.3 is 0 Å². The van der Waals surface area contributed by atoms with E-state index in [1.807, 2.05) is 36.4 Å². The summed E-state index contributed by atoms with van der Waals surface area (Å²) >= 11 is 0. The maximum Gasteiger partial charge on any atom is 0 e. The van der Waals surface area contributed by atoms with Gasteiger partial charge in [0.25, 0.3) is 0 Å². The Morgan fingerprint density at radius 1 is 0.429 bits per heavy atom. The first-order valence-electron chi connectivity index (χ1n) is 2.00. The van der Waals surface area contributed by atoms with Crippen molar-refractivity contribution >= 4 is 0 Å². The van der Waals surface area contributed by atoms with Gasteiger partial charge in [-0.15, -0.1) is 0 Å². The quantitative estimate of drug-likeness (QED) is 0.473. The van der Waals surface area contributed by atoms with E-state index in [-0.39, 0.29) is 17.1 Å². The molecule has 0 aliphatic heterocycles. The van der Waals surface area contributed by atoms with Crippen molar-refractivity contribution in [2.75, 3.05) is 0 Å². The zero-order valence-corrected chi connectivity index (χ0v) is 4.92. The fraction of sp³-hybridized carbons (Fsp3) is 0. The Morgan fingerprint density at radius 2 is 0.571 bits per heavy atom.